The Kier molecular flexibility index (Phi) is 5.51. The molecule has 0 aliphatic carbocycles. The number of hydrogen-bond acceptors (Lipinski definition) is 5. The van der Waals surface area contributed by atoms with Crippen molar-refractivity contribution in [3.05, 3.63) is 131 Å². The van der Waals surface area contributed by atoms with Gasteiger partial charge in [-0.2, -0.15) is 0 Å². The van der Waals surface area contributed by atoms with Gasteiger partial charge in [0.1, 0.15) is 11.5 Å². The fraction of sp³-hybridized carbons (Fsp3) is 0.152. The molecule has 1 aromatic heterocycles. The Morgan fingerprint density at radius 3 is 2.42 bits per heavy atom. The largest absolute Gasteiger partial charge is 0.352 e. The molecule has 0 saturated carbocycles. The predicted octanol–water partition coefficient (Wildman–Crippen LogP) is 5.98. The van der Waals surface area contributed by atoms with E-state index < -0.39 is 23.4 Å². The summed E-state index contributed by atoms with van der Waals surface area (Å²) in [5, 5.41) is 3.56. The predicted molar refractivity (Wildman–Crippen MR) is 155 cm³/mol. The molecule has 4 atom stereocenters. The highest BCUT2D eigenvalue weighted by molar-refractivity contribution is 6.30. The quantitative estimate of drug-likeness (QED) is 0.319. The van der Waals surface area contributed by atoms with E-state index in [0.717, 1.165) is 16.8 Å². The number of ketones is 2. The molecule has 40 heavy (non-hydrogen) atoms. The molecule has 7 heteroatoms. The van der Waals surface area contributed by atoms with Gasteiger partial charge >= 0.3 is 0 Å². The van der Waals surface area contributed by atoms with E-state index in [4.69, 9.17) is 11.6 Å². The normalized spacial score (nSPS) is 24.1. The summed E-state index contributed by atoms with van der Waals surface area (Å²) in [4.78, 5) is 49.8. The lowest BCUT2D eigenvalue weighted by Gasteiger charge is -2.39. The molecule has 4 aromatic rings. The highest BCUT2D eigenvalue weighted by Crippen LogP contribution is 2.58. The number of carbonyl (C=O) groups is 3. The Bertz CT molecular complexity index is 1730. The lowest BCUT2D eigenvalue weighted by molar-refractivity contribution is -0.121. The molecule has 7 rings (SSSR count). The second-order valence-corrected chi connectivity index (χ2v) is 10.9. The van der Waals surface area contributed by atoms with Gasteiger partial charge in [0.05, 0.1) is 12.0 Å². The number of halogens is 1. The fourth-order valence-corrected chi connectivity index (χ4v) is 6.99. The van der Waals surface area contributed by atoms with Crippen LogP contribution in [0.4, 0.5) is 11.4 Å². The van der Waals surface area contributed by atoms with Crippen molar-refractivity contribution < 1.29 is 14.4 Å². The molecule has 196 valence electrons. The van der Waals surface area contributed by atoms with Crippen LogP contribution >= 0.6 is 11.6 Å². The van der Waals surface area contributed by atoms with E-state index >= 15 is 0 Å². The Morgan fingerprint density at radius 1 is 0.900 bits per heavy atom. The van der Waals surface area contributed by atoms with Gasteiger partial charge in [-0.15, -0.1) is 0 Å². The smallest absolute Gasteiger partial charge is 0.238 e. The number of fused-ring (bicyclic) bond motifs is 6. The second-order valence-electron chi connectivity index (χ2n) is 10.5. The van der Waals surface area contributed by atoms with Crippen molar-refractivity contribution in [1.82, 2.24) is 4.98 Å². The van der Waals surface area contributed by atoms with Gasteiger partial charge in [0.15, 0.2) is 11.6 Å². The molecule has 1 N–H and O–H groups in total. The maximum absolute atomic E-state index is 14.7. The van der Waals surface area contributed by atoms with Crippen LogP contribution in [-0.4, -0.2) is 34.5 Å². The first-order valence-corrected chi connectivity index (χ1v) is 13.5. The molecule has 1 fully saturated rings. The zero-order valence-electron chi connectivity index (χ0n) is 21.5. The van der Waals surface area contributed by atoms with Crippen LogP contribution in [0.3, 0.4) is 0 Å². The second kappa shape index (κ2) is 9.00. The van der Waals surface area contributed by atoms with Gasteiger partial charge in [-0.25, -0.2) is 0 Å². The maximum atomic E-state index is 14.7. The average Bonchev–Trinajstić information content (AvgIpc) is 3.45. The standard InChI is InChI=1S/C33H24ClN3O3/c1-19-17-27-33(24-9-3-4-10-25(24)36-32(33)40)28(30(38)21-7-6-16-35-18-21)29(31(39)20-12-14-22(34)15-13-20)37(27)26-11-5-2-8-23(19)26/h2-18,27-29H,1H3,(H,36,40)/t27-,28-,29+,33-/m0/s1. The number of anilines is 2. The van der Waals surface area contributed by atoms with Gasteiger partial charge in [0, 0.05) is 45.5 Å². The van der Waals surface area contributed by atoms with Gasteiger partial charge in [0.2, 0.25) is 5.91 Å². The molecular formula is C33H24ClN3O3. The number of aromatic nitrogens is 1. The molecule has 3 aliphatic rings. The van der Waals surface area contributed by atoms with Gasteiger partial charge in [-0.3, -0.25) is 19.4 Å². The maximum Gasteiger partial charge on any atom is 0.238 e. The molecular weight excluding hydrogens is 522 g/mol. The van der Waals surface area contributed by atoms with Crippen LogP contribution in [0, 0.1) is 5.92 Å². The number of allylic oxidation sites excluding steroid dienone is 1. The molecule has 3 aliphatic heterocycles. The number of para-hydroxylation sites is 2. The van der Waals surface area contributed by atoms with Crippen LogP contribution in [0.1, 0.15) is 38.8 Å². The molecule has 3 aromatic carbocycles. The molecule has 4 heterocycles. The SMILES string of the molecule is CC1=C[C@@H]2N(c3ccccc31)[C@@H](C(=O)c1ccc(Cl)cc1)[C@@H](C(=O)c1cccnc1)[C@@]21C(=O)Nc2ccccc21. The monoisotopic (exact) mass is 545 g/mol. The number of nitrogens with zero attached hydrogens (tertiary/aromatic N) is 2. The van der Waals surface area contributed by atoms with E-state index in [1.54, 1.807) is 42.6 Å². The van der Waals surface area contributed by atoms with Crippen LogP contribution in [0.15, 0.2) is 103 Å². The molecule has 1 amide bonds. The van der Waals surface area contributed by atoms with Crippen molar-refractivity contribution in [2.45, 2.75) is 24.4 Å². The summed E-state index contributed by atoms with van der Waals surface area (Å²) in [5.41, 5.74) is 3.55. The van der Waals surface area contributed by atoms with Crippen molar-refractivity contribution in [2.24, 2.45) is 5.92 Å². The number of nitrogens with one attached hydrogen (secondary N) is 1. The number of hydrogen-bond donors (Lipinski definition) is 1. The van der Waals surface area contributed by atoms with E-state index in [1.165, 1.54) is 6.20 Å². The van der Waals surface area contributed by atoms with E-state index in [1.807, 2.05) is 66.4 Å². The lowest BCUT2D eigenvalue weighted by atomic mass is 9.64. The van der Waals surface area contributed by atoms with Crippen LogP contribution in [0.2, 0.25) is 5.02 Å². The van der Waals surface area contributed by atoms with Gasteiger partial charge < -0.3 is 10.2 Å². The first kappa shape index (κ1) is 24.5. The Balaban J connectivity index is 1.56. The van der Waals surface area contributed by atoms with E-state index in [9.17, 15) is 14.4 Å². The molecule has 1 spiro atoms. The number of Topliss-reactive ketones (excluding diaryl/α,β-unsaturated/α-hetero) is 2. The third kappa shape index (κ3) is 3.29. The minimum Gasteiger partial charge on any atom is -0.352 e. The number of pyridine rings is 1. The number of benzene rings is 3. The number of amides is 1. The van der Waals surface area contributed by atoms with Crippen molar-refractivity contribution in [3.8, 4) is 0 Å². The third-order valence-corrected chi connectivity index (χ3v) is 8.76. The van der Waals surface area contributed by atoms with E-state index in [0.29, 0.717) is 27.4 Å². The minimum absolute atomic E-state index is 0.249. The van der Waals surface area contributed by atoms with E-state index in [-0.39, 0.29) is 17.5 Å². The third-order valence-electron chi connectivity index (χ3n) is 8.51. The minimum atomic E-state index is -1.36. The summed E-state index contributed by atoms with van der Waals surface area (Å²) in [6, 6.07) is 23.8. The average molecular weight is 546 g/mol. The summed E-state index contributed by atoms with van der Waals surface area (Å²) in [5.74, 6) is -1.88. The van der Waals surface area contributed by atoms with Gasteiger partial charge in [-0.1, -0.05) is 54.1 Å². The topological polar surface area (TPSA) is 79.4 Å². The summed E-state index contributed by atoms with van der Waals surface area (Å²) < 4.78 is 0. The van der Waals surface area contributed by atoms with Crippen LogP contribution < -0.4 is 10.2 Å². The number of carbonyl (C=O) groups excluding carboxylic acids is 3. The Hall–Kier alpha value is -4.55. The first-order valence-electron chi connectivity index (χ1n) is 13.1. The van der Waals surface area contributed by atoms with E-state index in [2.05, 4.69) is 10.3 Å². The summed E-state index contributed by atoms with van der Waals surface area (Å²) >= 11 is 6.16. The van der Waals surface area contributed by atoms with Crippen molar-refractivity contribution in [1.29, 1.82) is 0 Å². The van der Waals surface area contributed by atoms with Gasteiger partial charge in [-0.05, 0) is 66.6 Å². The summed E-state index contributed by atoms with van der Waals surface area (Å²) in [6.45, 7) is 2.01. The zero-order valence-corrected chi connectivity index (χ0v) is 22.3. The van der Waals surface area contributed by atoms with Crippen LogP contribution in [0.25, 0.3) is 5.57 Å². The molecule has 0 unspecified atom stereocenters. The number of rotatable bonds is 4. The Morgan fingerprint density at radius 2 is 1.65 bits per heavy atom. The molecule has 0 bridgehead atoms. The Labute approximate surface area is 236 Å². The first-order chi connectivity index (χ1) is 19.4. The van der Waals surface area contributed by atoms with Gasteiger partial charge in [0.25, 0.3) is 0 Å². The molecule has 0 radical (unpaired) electrons. The van der Waals surface area contributed by atoms with Crippen LogP contribution in [0.5, 0.6) is 0 Å². The zero-order chi connectivity index (χ0) is 27.6. The summed E-state index contributed by atoms with van der Waals surface area (Å²) in [7, 11) is 0. The summed E-state index contributed by atoms with van der Waals surface area (Å²) in [6.07, 6.45) is 5.15. The van der Waals surface area contributed by atoms with Crippen molar-refractivity contribution >= 4 is 46.0 Å². The molecule has 1 saturated heterocycles. The highest BCUT2D eigenvalue weighted by atomic mass is 35.5. The fourth-order valence-electron chi connectivity index (χ4n) is 6.86. The van der Waals surface area contributed by atoms with Crippen molar-refractivity contribution in [2.75, 3.05) is 10.2 Å². The lowest BCUT2D eigenvalue weighted by Crippen LogP contribution is -2.51. The highest BCUT2D eigenvalue weighted by Gasteiger charge is 2.70. The molecule has 6 nitrogen and oxygen atoms in total. The van der Waals surface area contributed by atoms with Crippen LogP contribution in [-0.2, 0) is 10.2 Å². The van der Waals surface area contributed by atoms with Crippen molar-refractivity contribution in [3.63, 3.8) is 0 Å².